The molecule has 0 aliphatic rings. The molecule has 3 nitrogen and oxygen atoms in total. The molecule has 0 saturated heterocycles. The number of alkyl carbamates (subject to hydrolysis) is 1. The summed E-state index contributed by atoms with van der Waals surface area (Å²) in [6, 6.07) is 17.5. The maximum absolute atomic E-state index is 11.5. The first-order valence-electron chi connectivity index (χ1n) is 6.86. The molecule has 0 aliphatic heterocycles. The van der Waals surface area contributed by atoms with Crippen molar-refractivity contribution in [1.29, 1.82) is 0 Å². The fourth-order valence-electron chi connectivity index (χ4n) is 1.71. The Labute approximate surface area is 138 Å². The minimum atomic E-state index is -0.465. The lowest BCUT2D eigenvalue weighted by Gasteiger charge is -2.04. The molecular weight excluding hydrogens is 342 g/mol. The van der Waals surface area contributed by atoms with Crippen LogP contribution in [0.2, 0.25) is 0 Å². The van der Waals surface area contributed by atoms with E-state index >= 15 is 0 Å². The highest BCUT2D eigenvalue weighted by Crippen LogP contribution is 2.06. The van der Waals surface area contributed by atoms with E-state index in [-0.39, 0.29) is 13.2 Å². The van der Waals surface area contributed by atoms with Crippen molar-refractivity contribution >= 4 is 22.0 Å². The van der Waals surface area contributed by atoms with Crippen LogP contribution in [-0.4, -0.2) is 12.6 Å². The summed E-state index contributed by atoms with van der Waals surface area (Å²) >= 11 is 3.40. The number of ether oxygens (including phenoxy) is 1. The van der Waals surface area contributed by atoms with Crippen LogP contribution in [0.15, 0.2) is 54.6 Å². The molecule has 0 aromatic heterocycles. The Balaban J connectivity index is 1.71. The van der Waals surface area contributed by atoms with Gasteiger partial charge in [-0.25, -0.2) is 4.79 Å². The Bertz CT molecular complexity index is 657. The van der Waals surface area contributed by atoms with Crippen molar-refractivity contribution in [1.82, 2.24) is 5.32 Å². The Morgan fingerprint density at radius 2 is 1.77 bits per heavy atom. The normalized spacial score (nSPS) is 9.50. The maximum atomic E-state index is 11.5. The number of alkyl halides is 1. The van der Waals surface area contributed by atoms with Gasteiger partial charge in [0, 0.05) is 10.9 Å². The summed E-state index contributed by atoms with van der Waals surface area (Å²) < 4.78 is 5.09. The molecule has 112 valence electrons. The van der Waals surface area contributed by atoms with Gasteiger partial charge in [-0.05, 0) is 23.3 Å². The predicted molar refractivity (Wildman–Crippen MR) is 90.6 cm³/mol. The van der Waals surface area contributed by atoms with Crippen LogP contribution < -0.4 is 5.32 Å². The van der Waals surface area contributed by atoms with Gasteiger partial charge >= 0.3 is 6.09 Å². The molecule has 0 aliphatic carbocycles. The third-order valence-electron chi connectivity index (χ3n) is 2.87. The van der Waals surface area contributed by atoms with E-state index in [1.54, 1.807) is 0 Å². The molecule has 0 unspecified atom stereocenters. The van der Waals surface area contributed by atoms with Crippen LogP contribution in [0.5, 0.6) is 0 Å². The van der Waals surface area contributed by atoms with Gasteiger partial charge in [-0.1, -0.05) is 70.2 Å². The monoisotopic (exact) mass is 357 g/mol. The number of hydrogen-bond acceptors (Lipinski definition) is 2. The van der Waals surface area contributed by atoms with Gasteiger partial charge in [-0.3, -0.25) is 0 Å². The fourth-order valence-corrected chi connectivity index (χ4v) is 2.09. The second kappa shape index (κ2) is 8.91. The highest BCUT2D eigenvalue weighted by Gasteiger charge is 2.00. The average molecular weight is 358 g/mol. The molecule has 0 bridgehead atoms. The van der Waals surface area contributed by atoms with E-state index in [2.05, 4.69) is 33.1 Å². The number of rotatable bonds is 4. The first kappa shape index (κ1) is 16.1. The first-order chi connectivity index (χ1) is 10.8. The summed E-state index contributed by atoms with van der Waals surface area (Å²) in [5.74, 6) is 5.88. The Morgan fingerprint density at radius 1 is 1.05 bits per heavy atom. The highest BCUT2D eigenvalue weighted by atomic mass is 79.9. The van der Waals surface area contributed by atoms with Gasteiger partial charge < -0.3 is 10.1 Å². The van der Waals surface area contributed by atoms with Gasteiger partial charge in [-0.15, -0.1) is 0 Å². The van der Waals surface area contributed by atoms with Crippen molar-refractivity contribution in [2.45, 2.75) is 11.9 Å². The van der Waals surface area contributed by atoms with E-state index in [1.807, 2.05) is 54.6 Å². The topological polar surface area (TPSA) is 38.3 Å². The second-order valence-electron chi connectivity index (χ2n) is 4.55. The van der Waals surface area contributed by atoms with Gasteiger partial charge in [-0.2, -0.15) is 0 Å². The van der Waals surface area contributed by atoms with Crippen LogP contribution in [0.4, 0.5) is 4.79 Å². The predicted octanol–water partition coefficient (Wildman–Crippen LogP) is 3.86. The molecule has 0 atom stereocenters. The molecule has 4 heteroatoms. The zero-order valence-corrected chi connectivity index (χ0v) is 13.6. The zero-order valence-electron chi connectivity index (χ0n) is 12.0. The van der Waals surface area contributed by atoms with Crippen LogP contribution in [0.1, 0.15) is 16.7 Å². The summed E-state index contributed by atoms with van der Waals surface area (Å²) in [5, 5.41) is 3.43. The summed E-state index contributed by atoms with van der Waals surface area (Å²) in [7, 11) is 0. The van der Waals surface area contributed by atoms with Crippen molar-refractivity contribution in [3.8, 4) is 11.8 Å². The van der Waals surface area contributed by atoms with Gasteiger partial charge in [0.25, 0.3) is 0 Å². The fraction of sp³-hybridized carbons (Fsp3) is 0.167. The number of halogens is 1. The van der Waals surface area contributed by atoms with E-state index < -0.39 is 6.09 Å². The Morgan fingerprint density at radius 3 is 2.45 bits per heavy atom. The Hall–Kier alpha value is -2.25. The van der Waals surface area contributed by atoms with Crippen molar-refractivity contribution in [3.05, 3.63) is 71.3 Å². The molecule has 1 amide bonds. The molecular formula is C18H16BrNO2. The van der Waals surface area contributed by atoms with Gasteiger partial charge in [0.05, 0.1) is 6.54 Å². The molecule has 0 fully saturated rings. The maximum Gasteiger partial charge on any atom is 0.408 e. The highest BCUT2D eigenvalue weighted by molar-refractivity contribution is 9.08. The number of benzene rings is 2. The van der Waals surface area contributed by atoms with Gasteiger partial charge in [0.15, 0.2) is 0 Å². The zero-order chi connectivity index (χ0) is 15.6. The minimum Gasteiger partial charge on any atom is -0.445 e. The van der Waals surface area contributed by atoms with Crippen LogP contribution in [0.3, 0.4) is 0 Å². The molecule has 0 heterocycles. The van der Waals surface area contributed by atoms with Crippen LogP contribution >= 0.6 is 15.9 Å². The lowest BCUT2D eigenvalue weighted by atomic mass is 10.1. The number of amides is 1. The smallest absolute Gasteiger partial charge is 0.408 e. The molecule has 0 radical (unpaired) electrons. The number of hydrogen-bond donors (Lipinski definition) is 1. The largest absolute Gasteiger partial charge is 0.445 e. The summed E-state index contributed by atoms with van der Waals surface area (Å²) in [5.41, 5.74) is 3.08. The third-order valence-corrected chi connectivity index (χ3v) is 3.52. The van der Waals surface area contributed by atoms with Crippen molar-refractivity contribution in [3.63, 3.8) is 0 Å². The average Bonchev–Trinajstić information content (AvgIpc) is 2.58. The van der Waals surface area contributed by atoms with Crippen LogP contribution in [-0.2, 0) is 16.7 Å². The summed E-state index contributed by atoms with van der Waals surface area (Å²) in [6.45, 7) is 0.516. The molecule has 0 spiro atoms. The van der Waals surface area contributed by atoms with E-state index in [1.165, 1.54) is 5.56 Å². The second-order valence-corrected chi connectivity index (χ2v) is 5.11. The van der Waals surface area contributed by atoms with Gasteiger partial charge in [0.1, 0.15) is 6.61 Å². The molecule has 2 rings (SSSR count). The quantitative estimate of drug-likeness (QED) is 0.666. The van der Waals surface area contributed by atoms with Gasteiger partial charge in [0.2, 0.25) is 0 Å². The molecule has 2 aromatic rings. The molecule has 2 aromatic carbocycles. The Kier molecular flexibility index (Phi) is 6.53. The van der Waals surface area contributed by atoms with Crippen molar-refractivity contribution in [2.75, 3.05) is 6.54 Å². The van der Waals surface area contributed by atoms with E-state index in [0.29, 0.717) is 0 Å². The number of carbonyl (C=O) groups is 1. The lowest BCUT2D eigenvalue weighted by Crippen LogP contribution is -2.24. The molecule has 0 saturated carbocycles. The van der Waals surface area contributed by atoms with Crippen molar-refractivity contribution in [2.24, 2.45) is 0 Å². The molecule has 1 N–H and O–H groups in total. The van der Waals surface area contributed by atoms with E-state index in [0.717, 1.165) is 16.5 Å². The standard InChI is InChI=1S/C18H16BrNO2/c19-13-16-10-8-15(9-11-16)7-4-12-20-18(21)22-14-17-5-2-1-3-6-17/h1-3,5-6,8-11H,12-14H2,(H,20,21). The summed E-state index contributed by atoms with van der Waals surface area (Å²) in [4.78, 5) is 11.5. The number of nitrogens with one attached hydrogen (secondary N) is 1. The minimum absolute atomic E-state index is 0.258. The molecule has 22 heavy (non-hydrogen) atoms. The SMILES string of the molecule is O=C(NCC#Cc1ccc(CBr)cc1)OCc1ccccc1. The lowest BCUT2D eigenvalue weighted by molar-refractivity contribution is 0.141. The van der Waals surface area contributed by atoms with E-state index in [9.17, 15) is 4.79 Å². The third kappa shape index (κ3) is 5.63. The number of carbonyl (C=O) groups excluding carboxylic acids is 1. The van der Waals surface area contributed by atoms with Crippen molar-refractivity contribution < 1.29 is 9.53 Å². The summed E-state index contributed by atoms with van der Waals surface area (Å²) in [6.07, 6.45) is -0.465. The first-order valence-corrected chi connectivity index (χ1v) is 7.98. The van der Waals surface area contributed by atoms with Crippen LogP contribution in [0.25, 0.3) is 0 Å². The van der Waals surface area contributed by atoms with E-state index in [4.69, 9.17) is 4.74 Å². The van der Waals surface area contributed by atoms with Crippen LogP contribution in [0, 0.1) is 11.8 Å².